The van der Waals surface area contributed by atoms with Gasteiger partial charge in [-0.3, -0.25) is 4.79 Å². The molecule has 0 aliphatic carbocycles. The maximum Gasteiger partial charge on any atom is 0.254 e. The zero-order valence-electron chi connectivity index (χ0n) is 13.1. The van der Waals surface area contributed by atoms with Gasteiger partial charge in [-0.15, -0.1) is 17.9 Å². The van der Waals surface area contributed by atoms with Gasteiger partial charge in [-0.1, -0.05) is 12.1 Å². The number of thiophene rings is 1. The van der Waals surface area contributed by atoms with E-state index in [0.29, 0.717) is 25.4 Å². The number of rotatable bonds is 9. The molecule has 2 heterocycles. The molecule has 23 heavy (non-hydrogen) atoms. The number of carbonyl (C=O) groups excluding carboxylic acids is 1. The Labute approximate surface area is 139 Å². The van der Waals surface area contributed by atoms with E-state index in [0.717, 1.165) is 10.6 Å². The third-order valence-electron chi connectivity index (χ3n) is 3.18. The molecule has 0 saturated carbocycles. The highest BCUT2D eigenvalue weighted by Crippen LogP contribution is 2.26. The van der Waals surface area contributed by atoms with Gasteiger partial charge in [0.05, 0.1) is 24.6 Å². The summed E-state index contributed by atoms with van der Waals surface area (Å²) in [5, 5.41) is 18.4. The Morgan fingerprint density at radius 3 is 3.13 bits per heavy atom. The van der Waals surface area contributed by atoms with Crippen molar-refractivity contribution in [2.75, 3.05) is 18.5 Å². The average molecular weight is 335 g/mol. The average Bonchev–Trinajstić information content (AvgIpc) is 3.18. The van der Waals surface area contributed by atoms with Crippen molar-refractivity contribution in [2.45, 2.75) is 26.0 Å². The van der Waals surface area contributed by atoms with Gasteiger partial charge in [0.25, 0.3) is 5.91 Å². The first-order valence-electron chi connectivity index (χ1n) is 7.41. The van der Waals surface area contributed by atoms with Crippen molar-refractivity contribution in [1.29, 1.82) is 0 Å². The molecule has 0 radical (unpaired) electrons. The molecule has 2 N–H and O–H groups in total. The second-order valence-electron chi connectivity index (χ2n) is 4.92. The molecule has 0 saturated heterocycles. The predicted octanol–water partition coefficient (Wildman–Crippen LogP) is 2.52. The summed E-state index contributed by atoms with van der Waals surface area (Å²) < 4.78 is 7.02. The Balaban J connectivity index is 2.08. The lowest BCUT2D eigenvalue weighted by Gasteiger charge is -2.13. The summed E-state index contributed by atoms with van der Waals surface area (Å²) in [7, 11) is 0. The third-order valence-corrected chi connectivity index (χ3v) is 4.07. The predicted molar refractivity (Wildman–Crippen MR) is 91.5 cm³/mol. The molecule has 7 heteroatoms. The molecule has 0 bridgehead atoms. The van der Waals surface area contributed by atoms with E-state index >= 15 is 0 Å². The number of anilines is 1. The number of aliphatic hydroxyl groups is 1. The first-order chi connectivity index (χ1) is 11.2. The molecule has 2 rings (SSSR count). The zero-order valence-corrected chi connectivity index (χ0v) is 13.9. The molecular formula is C16H21N3O3S. The maximum atomic E-state index is 12.2. The second kappa shape index (κ2) is 8.61. The van der Waals surface area contributed by atoms with Crippen molar-refractivity contribution in [3.8, 4) is 10.6 Å². The minimum absolute atomic E-state index is 0.0557. The molecule has 2 aromatic rings. The van der Waals surface area contributed by atoms with E-state index in [-0.39, 0.29) is 12.5 Å². The fraction of sp³-hybridized carbons (Fsp3) is 0.375. The van der Waals surface area contributed by atoms with E-state index in [1.807, 2.05) is 17.5 Å². The van der Waals surface area contributed by atoms with Crippen molar-refractivity contribution in [3.05, 3.63) is 36.2 Å². The van der Waals surface area contributed by atoms with Crippen molar-refractivity contribution in [2.24, 2.45) is 0 Å². The lowest BCUT2D eigenvalue weighted by molar-refractivity contribution is -0.126. The van der Waals surface area contributed by atoms with Gasteiger partial charge in [0, 0.05) is 6.07 Å². The van der Waals surface area contributed by atoms with Crippen LogP contribution in [0.25, 0.3) is 10.6 Å². The van der Waals surface area contributed by atoms with E-state index in [1.54, 1.807) is 35.1 Å². The molecule has 6 nitrogen and oxygen atoms in total. The summed E-state index contributed by atoms with van der Waals surface area (Å²) in [5.74, 6) is 0.303. The highest BCUT2D eigenvalue weighted by atomic mass is 32.1. The van der Waals surface area contributed by atoms with E-state index in [4.69, 9.17) is 9.84 Å². The van der Waals surface area contributed by atoms with Gasteiger partial charge < -0.3 is 15.2 Å². The summed E-state index contributed by atoms with van der Waals surface area (Å²) in [5.41, 5.74) is 0.768. The van der Waals surface area contributed by atoms with Crippen LogP contribution in [0.5, 0.6) is 0 Å². The van der Waals surface area contributed by atoms with Gasteiger partial charge >= 0.3 is 0 Å². The summed E-state index contributed by atoms with van der Waals surface area (Å²) in [6.07, 6.45) is 1.87. The van der Waals surface area contributed by atoms with Crippen LogP contribution in [-0.4, -0.2) is 40.1 Å². The van der Waals surface area contributed by atoms with E-state index in [2.05, 4.69) is 17.0 Å². The molecule has 124 valence electrons. The number of nitrogens with zero attached hydrogens (tertiary/aromatic N) is 2. The van der Waals surface area contributed by atoms with E-state index < -0.39 is 6.10 Å². The van der Waals surface area contributed by atoms with Crippen LogP contribution in [0, 0.1) is 0 Å². The van der Waals surface area contributed by atoms with Crippen LogP contribution in [0.2, 0.25) is 0 Å². The summed E-state index contributed by atoms with van der Waals surface area (Å²) in [6, 6.07) is 5.71. The lowest BCUT2D eigenvalue weighted by Crippen LogP contribution is -2.29. The van der Waals surface area contributed by atoms with Gasteiger partial charge in [0.15, 0.2) is 0 Å². The zero-order chi connectivity index (χ0) is 16.7. The highest BCUT2D eigenvalue weighted by Gasteiger charge is 2.17. The standard InChI is InChI=1S/C16H21N3O3S/c1-3-4-9-22-12(2)16(21)17-15-11-13(14-6-5-10-23-14)18-19(15)7-8-20/h3,5-6,10-12,20H,1,4,7-9H2,2H3,(H,17,21). The number of nitrogens with one attached hydrogen (secondary N) is 1. The number of amides is 1. The van der Waals surface area contributed by atoms with Crippen LogP contribution in [0.1, 0.15) is 13.3 Å². The Hall–Kier alpha value is -1.96. The Morgan fingerprint density at radius 2 is 2.48 bits per heavy atom. The molecule has 0 aliphatic heterocycles. The highest BCUT2D eigenvalue weighted by molar-refractivity contribution is 7.13. The molecule has 1 atom stereocenters. The lowest BCUT2D eigenvalue weighted by atomic mass is 10.3. The minimum atomic E-state index is -0.572. The summed E-state index contributed by atoms with van der Waals surface area (Å²) in [6.45, 7) is 6.02. The van der Waals surface area contributed by atoms with Gasteiger partial charge in [-0.2, -0.15) is 5.10 Å². The number of hydrogen-bond donors (Lipinski definition) is 2. The van der Waals surface area contributed by atoms with E-state index in [9.17, 15) is 4.79 Å². The second-order valence-corrected chi connectivity index (χ2v) is 5.87. The maximum absolute atomic E-state index is 12.2. The first-order valence-corrected chi connectivity index (χ1v) is 8.29. The largest absolute Gasteiger partial charge is 0.394 e. The fourth-order valence-electron chi connectivity index (χ4n) is 1.96. The Bertz CT molecular complexity index is 637. The molecule has 0 spiro atoms. The fourth-order valence-corrected chi connectivity index (χ4v) is 2.64. The topological polar surface area (TPSA) is 76.4 Å². The molecular weight excluding hydrogens is 314 g/mol. The molecule has 1 amide bonds. The molecule has 0 aromatic carbocycles. The number of ether oxygens (including phenoxy) is 1. The summed E-state index contributed by atoms with van der Waals surface area (Å²) in [4.78, 5) is 13.2. The normalized spacial score (nSPS) is 12.1. The van der Waals surface area contributed by atoms with Crippen molar-refractivity contribution in [1.82, 2.24) is 9.78 Å². The van der Waals surface area contributed by atoms with Crippen LogP contribution in [0.4, 0.5) is 5.82 Å². The number of aromatic nitrogens is 2. The van der Waals surface area contributed by atoms with Crippen LogP contribution in [0.3, 0.4) is 0 Å². The number of carbonyl (C=O) groups is 1. The minimum Gasteiger partial charge on any atom is -0.394 e. The third kappa shape index (κ3) is 4.75. The van der Waals surface area contributed by atoms with Crippen LogP contribution in [-0.2, 0) is 16.1 Å². The van der Waals surface area contributed by atoms with Gasteiger partial charge in [-0.25, -0.2) is 4.68 Å². The SMILES string of the molecule is C=CCCOC(C)C(=O)Nc1cc(-c2cccs2)nn1CCO. The van der Waals surface area contributed by atoms with Crippen molar-refractivity contribution < 1.29 is 14.6 Å². The van der Waals surface area contributed by atoms with Crippen LogP contribution in [0.15, 0.2) is 36.2 Å². The number of aliphatic hydroxyl groups excluding tert-OH is 1. The van der Waals surface area contributed by atoms with Crippen molar-refractivity contribution >= 4 is 23.1 Å². The Kier molecular flexibility index (Phi) is 6.52. The van der Waals surface area contributed by atoms with Crippen molar-refractivity contribution in [3.63, 3.8) is 0 Å². The smallest absolute Gasteiger partial charge is 0.254 e. The quantitative estimate of drug-likeness (QED) is 0.545. The Morgan fingerprint density at radius 1 is 1.65 bits per heavy atom. The van der Waals surface area contributed by atoms with Gasteiger partial charge in [-0.05, 0) is 24.8 Å². The van der Waals surface area contributed by atoms with Gasteiger partial charge in [0.1, 0.15) is 17.6 Å². The molecule has 1 unspecified atom stereocenters. The number of hydrogen-bond acceptors (Lipinski definition) is 5. The monoisotopic (exact) mass is 335 g/mol. The molecule has 0 aliphatic rings. The van der Waals surface area contributed by atoms with Crippen LogP contribution >= 0.6 is 11.3 Å². The van der Waals surface area contributed by atoms with E-state index in [1.165, 1.54) is 0 Å². The molecule has 2 aromatic heterocycles. The first kappa shape index (κ1) is 17.4. The van der Waals surface area contributed by atoms with Crippen LogP contribution < -0.4 is 5.32 Å². The molecule has 0 fully saturated rings. The summed E-state index contributed by atoms with van der Waals surface area (Å²) >= 11 is 1.57. The van der Waals surface area contributed by atoms with Gasteiger partial charge in [0.2, 0.25) is 0 Å².